The number of halogens is 1. The summed E-state index contributed by atoms with van der Waals surface area (Å²) in [7, 11) is 0. The fourth-order valence-corrected chi connectivity index (χ4v) is 3.83. The smallest absolute Gasteiger partial charge is 0.261 e. The van der Waals surface area contributed by atoms with Crippen LogP contribution in [0.4, 0.5) is 5.13 Å². The Hall–Kier alpha value is -1.86. The fraction of sp³-hybridized carbons (Fsp3) is 0.438. The molecule has 24 heavy (non-hydrogen) atoms. The number of anilines is 1. The number of H-pyrrole nitrogens is 1. The first-order valence-corrected chi connectivity index (χ1v) is 9.09. The molecule has 0 saturated carbocycles. The highest BCUT2D eigenvalue weighted by Gasteiger charge is 2.19. The van der Waals surface area contributed by atoms with E-state index in [4.69, 9.17) is 11.6 Å². The lowest BCUT2D eigenvalue weighted by atomic mass is 10.1. The highest BCUT2D eigenvalue weighted by atomic mass is 35.5. The van der Waals surface area contributed by atoms with Gasteiger partial charge in [0.25, 0.3) is 11.5 Å². The number of rotatable bonds is 4. The van der Waals surface area contributed by atoms with E-state index in [-0.39, 0.29) is 12.1 Å². The fourth-order valence-electron chi connectivity index (χ4n) is 2.81. The predicted molar refractivity (Wildman–Crippen MR) is 96.3 cm³/mol. The molecule has 1 aliphatic rings. The molecule has 1 fully saturated rings. The number of nitrogens with one attached hydrogen (secondary N) is 2. The van der Waals surface area contributed by atoms with Crippen molar-refractivity contribution in [2.45, 2.75) is 33.2 Å². The number of thiazole rings is 1. The molecule has 1 saturated heterocycles. The average Bonchev–Trinajstić information content (AvgIpc) is 3.21. The molecule has 0 aromatic carbocycles. The summed E-state index contributed by atoms with van der Waals surface area (Å²) in [4.78, 5) is 33.8. The van der Waals surface area contributed by atoms with Gasteiger partial charge in [0, 0.05) is 24.2 Å². The van der Waals surface area contributed by atoms with Crippen molar-refractivity contribution < 1.29 is 4.79 Å². The van der Waals surface area contributed by atoms with E-state index in [1.165, 1.54) is 12.8 Å². The van der Waals surface area contributed by atoms with Crippen molar-refractivity contribution in [2.24, 2.45) is 0 Å². The van der Waals surface area contributed by atoms with Gasteiger partial charge in [-0.1, -0.05) is 11.6 Å². The summed E-state index contributed by atoms with van der Waals surface area (Å²) in [6.07, 6.45) is 2.39. The predicted octanol–water partition coefficient (Wildman–Crippen LogP) is 2.63. The molecule has 128 valence electrons. The van der Waals surface area contributed by atoms with Crippen LogP contribution in [-0.4, -0.2) is 29.0 Å². The molecule has 0 atom stereocenters. The maximum absolute atomic E-state index is 12.4. The molecule has 2 aromatic heterocycles. The number of aromatic amines is 1. The second-order valence-electron chi connectivity index (χ2n) is 5.89. The third-order valence-electron chi connectivity index (χ3n) is 4.13. The Balaban J connectivity index is 1.70. The normalized spacial score (nSPS) is 14.2. The summed E-state index contributed by atoms with van der Waals surface area (Å²) in [5.41, 5.74) is 1.47. The zero-order valence-corrected chi connectivity index (χ0v) is 15.2. The van der Waals surface area contributed by atoms with Crippen LogP contribution in [0.3, 0.4) is 0 Å². The van der Waals surface area contributed by atoms with Gasteiger partial charge < -0.3 is 15.2 Å². The molecule has 0 unspecified atom stereocenters. The topological polar surface area (TPSA) is 78.1 Å². The van der Waals surface area contributed by atoms with Gasteiger partial charge in [-0.05, 0) is 32.3 Å². The molecule has 2 aromatic rings. The van der Waals surface area contributed by atoms with E-state index in [1.807, 2.05) is 5.38 Å². The number of hydrogen-bond donors (Lipinski definition) is 2. The highest BCUT2D eigenvalue weighted by molar-refractivity contribution is 7.13. The number of pyridine rings is 1. The molecule has 1 aliphatic heterocycles. The van der Waals surface area contributed by atoms with Crippen LogP contribution in [0.15, 0.2) is 10.2 Å². The minimum absolute atomic E-state index is 0.0561. The Morgan fingerprint density at radius 1 is 1.42 bits per heavy atom. The number of carbonyl (C=O) groups is 1. The number of amides is 1. The van der Waals surface area contributed by atoms with Crippen LogP contribution in [0.2, 0.25) is 5.02 Å². The lowest BCUT2D eigenvalue weighted by molar-refractivity contribution is 0.0948. The molecular formula is C16H19ClN4O2S. The van der Waals surface area contributed by atoms with Gasteiger partial charge in [0.1, 0.15) is 5.56 Å². The molecule has 0 aliphatic carbocycles. The van der Waals surface area contributed by atoms with Gasteiger partial charge in [-0.2, -0.15) is 0 Å². The highest BCUT2D eigenvalue weighted by Crippen LogP contribution is 2.24. The summed E-state index contributed by atoms with van der Waals surface area (Å²) in [5, 5.41) is 6.09. The van der Waals surface area contributed by atoms with Crippen LogP contribution < -0.4 is 15.8 Å². The van der Waals surface area contributed by atoms with Crippen molar-refractivity contribution in [1.29, 1.82) is 0 Å². The molecule has 3 rings (SSSR count). The second-order valence-corrected chi connectivity index (χ2v) is 7.11. The van der Waals surface area contributed by atoms with Crippen LogP contribution in [-0.2, 0) is 6.54 Å². The number of aromatic nitrogens is 2. The van der Waals surface area contributed by atoms with Gasteiger partial charge in [-0.15, -0.1) is 11.3 Å². The summed E-state index contributed by atoms with van der Waals surface area (Å²) >= 11 is 7.71. The minimum atomic E-state index is -0.439. The first-order chi connectivity index (χ1) is 11.5. The van der Waals surface area contributed by atoms with Gasteiger partial charge in [-0.3, -0.25) is 9.59 Å². The molecule has 0 bridgehead atoms. The van der Waals surface area contributed by atoms with Crippen molar-refractivity contribution in [1.82, 2.24) is 15.3 Å². The zero-order valence-electron chi connectivity index (χ0n) is 13.6. The number of hydrogen-bond acceptors (Lipinski definition) is 5. The van der Waals surface area contributed by atoms with Gasteiger partial charge in [-0.25, -0.2) is 4.98 Å². The van der Waals surface area contributed by atoms with Crippen LogP contribution in [0.5, 0.6) is 0 Å². The summed E-state index contributed by atoms with van der Waals surface area (Å²) in [6, 6.07) is 0. The van der Waals surface area contributed by atoms with E-state index >= 15 is 0 Å². The Kier molecular flexibility index (Phi) is 4.91. The molecular weight excluding hydrogens is 348 g/mol. The van der Waals surface area contributed by atoms with E-state index in [0.29, 0.717) is 16.3 Å². The van der Waals surface area contributed by atoms with Crippen molar-refractivity contribution >= 4 is 34.0 Å². The van der Waals surface area contributed by atoms with E-state index in [9.17, 15) is 9.59 Å². The summed E-state index contributed by atoms with van der Waals surface area (Å²) in [6.45, 7) is 5.74. The maximum Gasteiger partial charge on any atom is 0.261 e. The number of carbonyl (C=O) groups excluding carboxylic acids is 1. The Labute approximate surface area is 148 Å². The lowest BCUT2D eigenvalue weighted by Gasteiger charge is -2.12. The Morgan fingerprint density at radius 2 is 2.12 bits per heavy atom. The van der Waals surface area contributed by atoms with Crippen molar-refractivity contribution in [3.8, 4) is 0 Å². The third kappa shape index (κ3) is 3.32. The van der Waals surface area contributed by atoms with Crippen LogP contribution in [0, 0.1) is 13.8 Å². The Morgan fingerprint density at radius 3 is 2.83 bits per heavy atom. The monoisotopic (exact) mass is 366 g/mol. The lowest BCUT2D eigenvalue weighted by Crippen LogP contribution is -2.31. The summed E-state index contributed by atoms with van der Waals surface area (Å²) < 4.78 is 0. The van der Waals surface area contributed by atoms with Crippen molar-refractivity contribution in [2.75, 3.05) is 18.0 Å². The molecule has 1 amide bonds. The van der Waals surface area contributed by atoms with Crippen LogP contribution >= 0.6 is 22.9 Å². The van der Waals surface area contributed by atoms with E-state index in [2.05, 4.69) is 20.2 Å². The van der Waals surface area contributed by atoms with E-state index in [0.717, 1.165) is 23.9 Å². The molecule has 6 nitrogen and oxygen atoms in total. The van der Waals surface area contributed by atoms with Crippen molar-refractivity contribution in [3.63, 3.8) is 0 Å². The third-order valence-corrected chi connectivity index (χ3v) is 5.65. The maximum atomic E-state index is 12.4. The van der Waals surface area contributed by atoms with Crippen molar-refractivity contribution in [3.05, 3.63) is 43.3 Å². The molecule has 3 heterocycles. The van der Waals surface area contributed by atoms with E-state index < -0.39 is 11.5 Å². The van der Waals surface area contributed by atoms with Gasteiger partial charge in [0.15, 0.2) is 5.13 Å². The zero-order chi connectivity index (χ0) is 17.3. The van der Waals surface area contributed by atoms with Crippen LogP contribution in [0.25, 0.3) is 0 Å². The summed E-state index contributed by atoms with van der Waals surface area (Å²) in [5.74, 6) is -0.439. The average molecular weight is 367 g/mol. The van der Waals surface area contributed by atoms with E-state index in [1.54, 1.807) is 25.2 Å². The first kappa shape index (κ1) is 17.0. The molecule has 2 N–H and O–H groups in total. The standard InChI is InChI=1S/C16H19ClN4O2S/c1-9-12(15(23)19-10(2)13(9)17)14(22)18-7-11-8-24-16(20-11)21-5-3-4-6-21/h8H,3-7H2,1-2H3,(H,18,22)(H,19,23). The quantitative estimate of drug-likeness (QED) is 0.871. The van der Waals surface area contributed by atoms with Gasteiger partial charge in [0.2, 0.25) is 0 Å². The Bertz CT molecular complexity index is 824. The van der Waals surface area contributed by atoms with Gasteiger partial charge >= 0.3 is 0 Å². The molecule has 0 spiro atoms. The second kappa shape index (κ2) is 6.94. The first-order valence-electron chi connectivity index (χ1n) is 7.84. The largest absolute Gasteiger partial charge is 0.348 e. The molecule has 0 radical (unpaired) electrons. The number of aryl methyl sites for hydroxylation is 1. The number of nitrogens with zero attached hydrogens (tertiary/aromatic N) is 2. The SMILES string of the molecule is Cc1[nH]c(=O)c(C(=O)NCc2csc(N3CCCC3)n2)c(C)c1Cl. The minimum Gasteiger partial charge on any atom is -0.348 e. The molecule has 8 heteroatoms. The van der Waals surface area contributed by atoms with Gasteiger partial charge in [0.05, 0.1) is 17.3 Å². The van der Waals surface area contributed by atoms with Crippen LogP contribution in [0.1, 0.15) is 40.2 Å².